The van der Waals surface area contributed by atoms with Gasteiger partial charge in [0.1, 0.15) is 0 Å². The van der Waals surface area contributed by atoms with Gasteiger partial charge in [-0.2, -0.15) is 0 Å². The maximum atomic E-state index is 12.3. The smallest absolute Gasteiger partial charge is 0.317 e. The average Bonchev–Trinajstić information content (AvgIpc) is 2.47. The predicted octanol–water partition coefficient (Wildman–Crippen LogP) is 1.17. The predicted molar refractivity (Wildman–Crippen MR) is 90.3 cm³/mol. The van der Waals surface area contributed by atoms with Crippen molar-refractivity contribution < 1.29 is 14.7 Å². The summed E-state index contributed by atoms with van der Waals surface area (Å²) in [4.78, 5) is 39.5. The van der Waals surface area contributed by atoms with E-state index in [0.29, 0.717) is 12.1 Å². The molecule has 1 aromatic heterocycles. The first kappa shape index (κ1) is 18.2. The van der Waals surface area contributed by atoms with E-state index in [4.69, 9.17) is 5.11 Å². The molecule has 2 rings (SSSR count). The van der Waals surface area contributed by atoms with Crippen LogP contribution in [-0.4, -0.2) is 52.0 Å². The fourth-order valence-electron chi connectivity index (χ4n) is 2.95. The zero-order valence-corrected chi connectivity index (χ0v) is 14.3. The van der Waals surface area contributed by atoms with Crippen LogP contribution in [0.4, 0.5) is 0 Å². The molecule has 1 aliphatic carbocycles. The summed E-state index contributed by atoms with van der Waals surface area (Å²) in [5, 5.41) is 11.8. The van der Waals surface area contributed by atoms with Gasteiger partial charge in [-0.3, -0.25) is 19.3 Å². The highest BCUT2D eigenvalue weighted by Gasteiger charge is 2.34. The Bertz CT molecular complexity index is 662. The Labute approximate surface area is 141 Å². The third kappa shape index (κ3) is 4.44. The van der Waals surface area contributed by atoms with Gasteiger partial charge in [0, 0.05) is 29.4 Å². The van der Waals surface area contributed by atoms with E-state index in [1.807, 2.05) is 25.7 Å². The highest BCUT2D eigenvalue weighted by atomic mass is 16.4. The molecule has 132 valence electrons. The molecule has 1 aromatic rings. The first-order chi connectivity index (χ1) is 11.3. The number of carboxylic acids is 1. The van der Waals surface area contributed by atoms with Crippen LogP contribution in [0.1, 0.15) is 55.6 Å². The molecule has 1 heterocycles. The quantitative estimate of drug-likeness (QED) is 0.694. The number of carbonyl (C=O) groups is 2. The monoisotopic (exact) mass is 335 g/mol. The van der Waals surface area contributed by atoms with Crippen molar-refractivity contribution in [3.05, 3.63) is 33.7 Å². The van der Waals surface area contributed by atoms with E-state index in [1.54, 1.807) is 6.07 Å². The molecule has 0 saturated heterocycles. The lowest BCUT2D eigenvalue weighted by Crippen LogP contribution is -2.54. The van der Waals surface area contributed by atoms with E-state index in [-0.39, 0.29) is 36.0 Å². The number of hydrogen-bond donors (Lipinski definition) is 3. The number of nitrogens with one attached hydrogen (secondary N) is 2. The third-order valence-corrected chi connectivity index (χ3v) is 4.46. The molecule has 1 aliphatic rings. The molecular weight excluding hydrogens is 310 g/mol. The summed E-state index contributed by atoms with van der Waals surface area (Å²) in [5.74, 6) is -0.963. The van der Waals surface area contributed by atoms with Crippen molar-refractivity contribution in [2.24, 2.45) is 0 Å². The Balaban J connectivity index is 1.93. The molecule has 1 amide bonds. The van der Waals surface area contributed by atoms with Crippen LogP contribution in [0.5, 0.6) is 0 Å². The number of carbonyl (C=O) groups excluding carboxylic acids is 1. The van der Waals surface area contributed by atoms with Gasteiger partial charge in [0.2, 0.25) is 5.56 Å². The minimum absolute atomic E-state index is 0.0205. The maximum absolute atomic E-state index is 12.3. The molecule has 1 fully saturated rings. The third-order valence-electron chi connectivity index (χ3n) is 4.46. The van der Waals surface area contributed by atoms with Crippen LogP contribution < -0.4 is 10.9 Å². The van der Waals surface area contributed by atoms with E-state index < -0.39 is 5.97 Å². The number of aromatic amines is 1. The SMILES string of the molecule is CCN(CC(=O)O)C1CC(NC(=O)c2cc(C(C)C)[nH]c(=O)c2)C1. The standard InChI is InChI=1S/C17H25N3O4/c1-4-20(9-16(22)23)13-7-12(8-13)18-17(24)11-5-14(10(2)3)19-15(21)6-11/h5-6,10,12-13H,4,7-9H2,1-3H3,(H,18,24)(H,19,21)(H,22,23). The number of aromatic nitrogens is 1. The van der Waals surface area contributed by atoms with E-state index >= 15 is 0 Å². The van der Waals surface area contributed by atoms with Gasteiger partial charge in [0.05, 0.1) is 6.54 Å². The lowest BCUT2D eigenvalue weighted by molar-refractivity contribution is -0.139. The van der Waals surface area contributed by atoms with Gasteiger partial charge in [-0.05, 0) is 31.4 Å². The zero-order chi connectivity index (χ0) is 17.9. The Hall–Kier alpha value is -2.15. The fraction of sp³-hybridized carbons (Fsp3) is 0.588. The minimum atomic E-state index is -0.839. The highest BCUT2D eigenvalue weighted by molar-refractivity contribution is 5.94. The second kappa shape index (κ2) is 7.61. The van der Waals surface area contributed by atoms with Crippen molar-refractivity contribution in [1.82, 2.24) is 15.2 Å². The van der Waals surface area contributed by atoms with E-state index in [1.165, 1.54) is 6.07 Å². The molecule has 0 atom stereocenters. The van der Waals surface area contributed by atoms with Gasteiger partial charge in [0.25, 0.3) is 5.91 Å². The number of pyridine rings is 1. The molecule has 0 spiro atoms. The average molecular weight is 335 g/mol. The Morgan fingerprint density at radius 1 is 1.38 bits per heavy atom. The summed E-state index contributed by atoms with van der Waals surface area (Å²) in [7, 11) is 0. The number of rotatable bonds is 7. The van der Waals surface area contributed by atoms with Crippen molar-refractivity contribution in [3.8, 4) is 0 Å². The number of amides is 1. The van der Waals surface area contributed by atoms with Gasteiger partial charge in [0.15, 0.2) is 0 Å². The second-order valence-electron chi connectivity index (χ2n) is 6.60. The molecular formula is C17H25N3O4. The topological polar surface area (TPSA) is 102 Å². The van der Waals surface area contributed by atoms with Gasteiger partial charge >= 0.3 is 5.97 Å². The van der Waals surface area contributed by atoms with Gasteiger partial charge in [-0.15, -0.1) is 0 Å². The van der Waals surface area contributed by atoms with Crippen molar-refractivity contribution in [1.29, 1.82) is 0 Å². The molecule has 0 aromatic carbocycles. The zero-order valence-electron chi connectivity index (χ0n) is 14.3. The second-order valence-corrected chi connectivity index (χ2v) is 6.60. The van der Waals surface area contributed by atoms with Crippen molar-refractivity contribution in [3.63, 3.8) is 0 Å². The summed E-state index contributed by atoms with van der Waals surface area (Å²) in [6.45, 7) is 6.52. The number of nitrogens with zero attached hydrogens (tertiary/aromatic N) is 1. The van der Waals surface area contributed by atoms with E-state index in [2.05, 4.69) is 10.3 Å². The molecule has 7 nitrogen and oxygen atoms in total. The van der Waals surface area contributed by atoms with Crippen LogP contribution in [0.2, 0.25) is 0 Å². The van der Waals surface area contributed by atoms with Gasteiger partial charge < -0.3 is 15.4 Å². The molecule has 1 saturated carbocycles. The Kier molecular flexibility index (Phi) is 5.77. The van der Waals surface area contributed by atoms with Crippen LogP contribution >= 0.6 is 0 Å². The molecule has 0 radical (unpaired) electrons. The maximum Gasteiger partial charge on any atom is 0.317 e. The van der Waals surface area contributed by atoms with Crippen LogP contribution in [0.15, 0.2) is 16.9 Å². The van der Waals surface area contributed by atoms with Crippen LogP contribution in [0.3, 0.4) is 0 Å². The number of hydrogen-bond acceptors (Lipinski definition) is 4. The minimum Gasteiger partial charge on any atom is -0.480 e. The van der Waals surface area contributed by atoms with Gasteiger partial charge in [-0.1, -0.05) is 20.8 Å². The molecule has 3 N–H and O–H groups in total. The first-order valence-electron chi connectivity index (χ1n) is 8.31. The van der Waals surface area contributed by atoms with E-state index in [0.717, 1.165) is 18.5 Å². The molecule has 24 heavy (non-hydrogen) atoms. The largest absolute Gasteiger partial charge is 0.480 e. The molecule has 7 heteroatoms. The van der Waals surface area contributed by atoms with E-state index in [9.17, 15) is 14.4 Å². The summed E-state index contributed by atoms with van der Waals surface area (Å²) >= 11 is 0. The first-order valence-corrected chi connectivity index (χ1v) is 8.31. The number of H-pyrrole nitrogens is 1. The Morgan fingerprint density at radius 3 is 2.58 bits per heavy atom. The summed E-state index contributed by atoms with van der Waals surface area (Å²) in [6, 6.07) is 3.22. The molecule has 0 aliphatic heterocycles. The van der Waals surface area contributed by atoms with Crippen molar-refractivity contribution >= 4 is 11.9 Å². The summed E-state index contributed by atoms with van der Waals surface area (Å²) in [6.07, 6.45) is 1.46. The lowest BCUT2D eigenvalue weighted by atomic mass is 9.85. The number of likely N-dealkylation sites (N-methyl/N-ethyl adjacent to an activating group) is 1. The number of aliphatic carboxylic acids is 1. The van der Waals surface area contributed by atoms with Crippen molar-refractivity contribution in [2.75, 3.05) is 13.1 Å². The number of carboxylic acid groups (broad SMARTS) is 1. The lowest BCUT2D eigenvalue weighted by Gasteiger charge is -2.42. The normalized spacial score (nSPS) is 20.0. The molecule has 0 unspecified atom stereocenters. The Morgan fingerprint density at radius 2 is 2.04 bits per heavy atom. The highest BCUT2D eigenvalue weighted by Crippen LogP contribution is 2.26. The van der Waals surface area contributed by atoms with Gasteiger partial charge in [-0.25, -0.2) is 0 Å². The summed E-state index contributed by atoms with van der Waals surface area (Å²) < 4.78 is 0. The van der Waals surface area contributed by atoms with Crippen LogP contribution in [0.25, 0.3) is 0 Å². The van der Waals surface area contributed by atoms with Crippen LogP contribution in [0, 0.1) is 0 Å². The summed E-state index contributed by atoms with van der Waals surface area (Å²) in [5.41, 5.74) is 0.818. The molecule has 0 bridgehead atoms. The van der Waals surface area contributed by atoms with Crippen LogP contribution in [-0.2, 0) is 4.79 Å². The fourth-order valence-corrected chi connectivity index (χ4v) is 2.95. The van der Waals surface area contributed by atoms with Crippen molar-refractivity contribution in [2.45, 2.75) is 51.6 Å².